The summed E-state index contributed by atoms with van der Waals surface area (Å²) < 4.78 is 0. The third-order valence-electron chi connectivity index (χ3n) is 3.33. The largest absolute Gasteiger partial charge is 0.319 e. The van der Waals surface area contributed by atoms with E-state index in [2.05, 4.69) is 48.4 Å². The van der Waals surface area contributed by atoms with Crippen LogP contribution in [0.5, 0.6) is 0 Å². The van der Waals surface area contributed by atoms with E-state index < -0.39 is 0 Å². The number of hydrogen-bond acceptors (Lipinski definition) is 3. The normalized spacial score (nSPS) is 12.4. The smallest absolute Gasteiger partial charge is 0.133 e. The van der Waals surface area contributed by atoms with Gasteiger partial charge in [-0.15, -0.1) is 0 Å². The van der Waals surface area contributed by atoms with E-state index in [-0.39, 0.29) is 0 Å². The lowest BCUT2D eigenvalue weighted by Crippen LogP contribution is -2.18. The topological polar surface area (TPSA) is 37.8 Å². The average molecular weight is 255 g/mol. The van der Waals surface area contributed by atoms with Gasteiger partial charge in [0.15, 0.2) is 0 Å². The molecule has 1 atom stereocenters. The van der Waals surface area contributed by atoms with E-state index in [0.29, 0.717) is 5.92 Å². The zero-order valence-corrected chi connectivity index (χ0v) is 11.9. The van der Waals surface area contributed by atoms with E-state index in [1.807, 2.05) is 19.3 Å². The molecule has 3 nitrogen and oxygen atoms in total. The van der Waals surface area contributed by atoms with E-state index in [4.69, 9.17) is 4.98 Å². The molecule has 0 spiro atoms. The standard InChI is InChI=1S/C16H21N3/c1-4-13(11-17-3)16-18-10-9-15(19-16)14-7-5-12(2)6-8-14/h5-10,13,17H,4,11H2,1-3H3. The van der Waals surface area contributed by atoms with Crippen molar-refractivity contribution in [2.75, 3.05) is 13.6 Å². The van der Waals surface area contributed by atoms with Gasteiger partial charge in [0.05, 0.1) is 5.69 Å². The van der Waals surface area contributed by atoms with Crippen LogP contribution in [0.3, 0.4) is 0 Å². The number of benzene rings is 1. The van der Waals surface area contributed by atoms with Gasteiger partial charge in [-0.2, -0.15) is 0 Å². The molecule has 100 valence electrons. The molecule has 0 radical (unpaired) electrons. The van der Waals surface area contributed by atoms with Crippen LogP contribution >= 0.6 is 0 Å². The highest BCUT2D eigenvalue weighted by atomic mass is 14.9. The molecule has 2 rings (SSSR count). The predicted octanol–water partition coefficient (Wildman–Crippen LogP) is 3.17. The molecule has 0 aliphatic carbocycles. The number of aryl methyl sites for hydroxylation is 1. The van der Waals surface area contributed by atoms with Gasteiger partial charge >= 0.3 is 0 Å². The molecule has 0 aliphatic rings. The first kappa shape index (κ1) is 13.7. The minimum absolute atomic E-state index is 0.371. The minimum Gasteiger partial charge on any atom is -0.319 e. The molecule has 19 heavy (non-hydrogen) atoms. The van der Waals surface area contributed by atoms with Crippen molar-refractivity contribution in [1.82, 2.24) is 15.3 Å². The van der Waals surface area contributed by atoms with E-state index in [1.54, 1.807) is 0 Å². The maximum Gasteiger partial charge on any atom is 0.133 e. The fraction of sp³-hybridized carbons (Fsp3) is 0.375. The van der Waals surface area contributed by atoms with Crippen LogP contribution in [-0.4, -0.2) is 23.6 Å². The molecule has 3 heteroatoms. The first-order chi connectivity index (χ1) is 9.24. The maximum atomic E-state index is 4.71. The molecule has 0 saturated carbocycles. The lowest BCUT2D eigenvalue weighted by molar-refractivity contribution is 0.580. The molecule has 1 unspecified atom stereocenters. The second-order valence-corrected chi connectivity index (χ2v) is 4.83. The van der Waals surface area contributed by atoms with E-state index in [0.717, 1.165) is 30.0 Å². The lowest BCUT2D eigenvalue weighted by Gasteiger charge is -2.13. The summed E-state index contributed by atoms with van der Waals surface area (Å²) in [5, 5.41) is 3.20. The first-order valence-electron chi connectivity index (χ1n) is 6.79. The van der Waals surface area contributed by atoms with E-state index >= 15 is 0 Å². The van der Waals surface area contributed by atoms with Crippen LogP contribution in [0.1, 0.15) is 30.7 Å². The van der Waals surface area contributed by atoms with Crippen molar-refractivity contribution in [1.29, 1.82) is 0 Å². The Bertz CT molecular complexity index is 520. The zero-order chi connectivity index (χ0) is 13.7. The zero-order valence-electron chi connectivity index (χ0n) is 11.9. The van der Waals surface area contributed by atoms with Crippen LogP contribution < -0.4 is 5.32 Å². The Morgan fingerprint density at radius 2 is 1.89 bits per heavy atom. The summed E-state index contributed by atoms with van der Waals surface area (Å²) in [7, 11) is 1.96. The number of hydrogen-bond donors (Lipinski definition) is 1. The van der Waals surface area contributed by atoms with Crippen molar-refractivity contribution in [3.8, 4) is 11.3 Å². The van der Waals surface area contributed by atoms with E-state index in [9.17, 15) is 0 Å². The van der Waals surface area contributed by atoms with Gasteiger partial charge in [-0.1, -0.05) is 36.8 Å². The highest BCUT2D eigenvalue weighted by Crippen LogP contribution is 2.20. The number of nitrogens with one attached hydrogen (secondary N) is 1. The van der Waals surface area contributed by atoms with Gasteiger partial charge in [-0.25, -0.2) is 9.97 Å². The molecule has 0 fully saturated rings. The second-order valence-electron chi connectivity index (χ2n) is 4.83. The molecule has 0 aliphatic heterocycles. The minimum atomic E-state index is 0.371. The van der Waals surface area contributed by atoms with Gasteiger partial charge in [0.1, 0.15) is 5.82 Å². The molecule has 0 amide bonds. The fourth-order valence-corrected chi connectivity index (χ4v) is 2.12. The third kappa shape index (κ3) is 3.38. The highest BCUT2D eigenvalue weighted by molar-refractivity contribution is 5.58. The third-order valence-corrected chi connectivity index (χ3v) is 3.33. The summed E-state index contributed by atoms with van der Waals surface area (Å²) in [6.07, 6.45) is 2.90. The Balaban J connectivity index is 2.30. The van der Waals surface area contributed by atoms with Crippen LogP contribution in [0.15, 0.2) is 36.5 Å². The van der Waals surface area contributed by atoms with Gasteiger partial charge in [-0.3, -0.25) is 0 Å². The SMILES string of the molecule is CCC(CNC)c1nccc(-c2ccc(C)cc2)n1. The number of aromatic nitrogens is 2. The van der Waals surface area contributed by atoms with Gasteiger partial charge in [0, 0.05) is 24.2 Å². The molecule has 0 saturated heterocycles. The summed E-state index contributed by atoms with van der Waals surface area (Å²) >= 11 is 0. The summed E-state index contributed by atoms with van der Waals surface area (Å²) in [6.45, 7) is 5.17. The first-order valence-corrected chi connectivity index (χ1v) is 6.79. The molecule has 1 aromatic carbocycles. The molecule has 0 bridgehead atoms. The Hall–Kier alpha value is -1.74. The molecule has 1 aromatic heterocycles. The Morgan fingerprint density at radius 1 is 1.16 bits per heavy atom. The van der Waals surface area contributed by atoms with Gasteiger partial charge in [0.2, 0.25) is 0 Å². The quantitative estimate of drug-likeness (QED) is 0.891. The number of nitrogens with zero attached hydrogens (tertiary/aromatic N) is 2. The fourth-order valence-electron chi connectivity index (χ4n) is 2.12. The van der Waals surface area contributed by atoms with Gasteiger partial charge in [-0.05, 0) is 26.5 Å². The maximum absolute atomic E-state index is 4.71. The summed E-state index contributed by atoms with van der Waals surface area (Å²) in [5.41, 5.74) is 3.41. The van der Waals surface area contributed by atoms with E-state index in [1.165, 1.54) is 5.56 Å². The second kappa shape index (κ2) is 6.43. The number of rotatable bonds is 5. The average Bonchev–Trinajstić information content (AvgIpc) is 2.45. The molecular weight excluding hydrogens is 234 g/mol. The predicted molar refractivity (Wildman–Crippen MR) is 79.2 cm³/mol. The van der Waals surface area contributed by atoms with Crippen LogP contribution in [0.2, 0.25) is 0 Å². The Kier molecular flexibility index (Phi) is 4.63. The monoisotopic (exact) mass is 255 g/mol. The van der Waals surface area contributed by atoms with Crippen molar-refractivity contribution < 1.29 is 0 Å². The molecule has 2 aromatic rings. The van der Waals surface area contributed by atoms with Gasteiger partial charge in [0.25, 0.3) is 0 Å². The van der Waals surface area contributed by atoms with Gasteiger partial charge < -0.3 is 5.32 Å². The van der Waals surface area contributed by atoms with Crippen molar-refractivity contribution >= 4 is 0 Å². The summed E-state index contributed by atoms with van der Waals surface area (Å²) in [4.78, 5) is 9.13. The Labute approximate surface area is 115 Å². The van der Waals surface area contributed by atoms with Crippen molar-refractivity contribution in [2.45, 2.75) is 26.2 Å². The van der Waals surface area contributed by atoms with Crippen molar-refractivity contribution in [2.24, 2.45) is 0 Å². The number of likely N-dealkylation sites (N-methyl/N-ethyl adjacent to an activating group) is 1. The van der Waals surface area contributed by atoms with Crippen LogP contribution in [0.25, 0.3) is 11.3 Å². The van der Waals surface area contributed by atoms with Crippen LogP contribution in [-0.2, 0) is 0 Å². The molecule has 1 heterocycles. The van der Waals surface area contributed by atoms with Crippen molar-refractivity contribution in [3.63, 3.8) is 0 Å². The van der Waals surface area contributed by atoms with Crippen LogP contribution in [0, 0.1) is 6.92 Å². The molecule has 1 N–H and O–H groups in total. The van der Waals surface area contributed by atoms with Crippen molar-refractivity contribution in [3.05, 3.63) is 47.9 Å². The highest BCUT2D eigenvalue weighted by Gasteiger charge is 2.12. The lowest BCUT2D eigenvalue weighted by atomic mass is 10.0. The summed E-state index contributed by atoms with van der Waals surface area (Å²) in [6, 6.07) is 10.4. The summed E-state index contributed by atoms with van der Waals surface area (Å²) in [5.74, 6) is 1.30. The molecular formula is C16H21N3. The van der Waals surface area contributed by atoms with Crippen LogP contribution in [0.4, 0.5) is 0 Å². The Morgan fingerprint density at radius 3 is 2.53 bits per heavy atom.